The third-order valence-corrected chi connectivity index (χ3v) is 5.62. The number of para-hydroxylation sites is 2. The predicted octanol–water partition coefficient (Wildman–Crippen LogP) is 4.78. The predicted molar refractivity (Wildman–Crippen MR) is 100 cm³/mol. The van der Waals surface area contributed by atoms with Crippen molar-refractivity contribution in [3.63, 3.8) is 0 Å². The van der Waals surface area contributed by atoms with E-state index in [9.17, 15) is 9.36 Å². The summed E-state index contributed by atoms with van der Waals surface area (Å²) >= 11 is 0. The number of hydrogen-bond acceptors (Lipinski definition) is 4. The molecule has 1 amide bonds. The van der Waals surface area contributed by atoms with E-state index in [4.69, 9.17) is 9.05 Å². The number of amides is 1. The lowest BCUT2D eigenvalue weighted by molar-refractivity contribution is -0.109. The first-order valence-electron chi connectivity index (χ1n) is 8.05. The molecule has 0 aliphatic heterocycles. The highest BCUT2D eigenvalue weighted by Crippen LogP contribution is 2.58. The molecule has 1 unspecified atom stereocenters. The molecule has 3 aromatic rings. The van der Waals surface area contributed by atoms with Crippen LogP contribution in [0.3, 0.4) is 0 Å². The molecule has 5 nitrogen and oxygen atoms in total. The number of benzene rings is 3. The van der Waals surface area contributed by atoms with Crippen LogP contribution in [0.4, 0.5) is 0 Å². The molecule has 0 aliphatic rings. The summed E-state index contributed by atoms with van der Waals surface area (Å²) in [6.07, 6.45) is 0.493. The largest absolute Gasteiger partial charge is 0.457 e. The van der Waals surface area contributed by atoms with Gasteiger partial charge in [-0.1, -0.05) is 66.7 Å². The second kappa shape index (κ2) is 8.37. The van der Waals surface area contributed by atoms with Crippen LogP contribution in [0, 0.1) is 0 Å². The summed E-state index contributed by atoms with van der Waals surface area (Å²) < 4.78 is 25.4. The molecule has 0 fully saturated rings. The Balaban J connectivity index is 2.02. The van der Waals surface area contributed by atoms with E-state index in [0.29, 0.717) is 23.5 Å². The van der Waals surface area contributed by atoms with E-state index in [1.165, 1.54) is 0 Å². The second-order valence-corrected chi connectivity index (χ2v) is 7.41. The molecule has 26 heavy (non-hydrogen) atoms. The van der Waals surface area contributed by atoms with Gasteiger partial charge in [0.1, 0.15) is 11.5 Å². The molecule has 0 bridgehead atoms. The van der Waals surface area contributed by atoms with E-state index < -0.39 is 13.4 Å². The van der Waals surface area contributed by atoms with Crippen LogP contribution >= 0.6 is 7.60 Å². The molecule has 132 valence electrons. The number of hydrogen-bond donors (Lipinski definition) is 1. The van der Waals surface area contributed by atoms with Gasteiger partial charge in [0.2, 0.25) is 6.41 Å². The second-order valence-electron chi connectivity index (χ2n) is 5.45. The maximum Gasteiger partial charge on any atom is 0.457 e. The number of carbonyl (C=O) groups is 1. The Morgan fingerprint density at radius 3 is 1.58 bits per heavy atom. The lowest BCUT2D eigenvalue weighted by Crippen LogP contribution is -2.24. The van der Waals surface area contributed by atoms with Gasteiger partial charge in [-0.2, -0.15) is 0 Å². The van der Waals surface area contributed by atoms with E-state index in [1.807, 2.05) is 18.2 Å². The number of carbonyl (C=O) groups excluding carboxylic acids is 1. The first-order valence-corrected chi connectivity index (χ1v) is 9.66. The van der Waals surface area contributed by atoms with Gasteiger partial charge >= 0.3 is 7.60 Å². The van der Waals surface area contributed by atoms with Crippen LogP contribution in [0.1, 0.15) is 11.3 Å². The molecule has 0 aromatic heterocycles. The minimum absolute atomic E-state index is 0.389. The molecule has 0 radical (unpaired) electrons. The van der Waals surface area contributed by atoms with Crippen molar-refractivity contribution in [3.05, 3.63) is 96.6 Å². The molecule has 3 aromatic carbocycles. The fourth-order valence-electron chi connectivity index (χ4n) is 2.45. The standard InChI is InChI=1S/C20H18NO4P/c22-16-21-20(17-10-4-1-5-11-17)26(23,24-18-12-6-2-7-13-18)25-19-14-8-3-9-15-19/h1-16,20H,(H,21,22). The van der Waals surface area contributed by atoms with E-state index in [-0.39, 0.29) is 0 Å². The molecule has 0 saturated heterocycles. The Labute approximate surface area is 152 Å². The molecule has 0 aliphatic carbocycles. The topological polar surface area (TPSA) is 64.6 Å². The van der Waals surface area contributed by atoms with Gasteiger partial charge < -0.3 is 14.4 Å². The number of rotatable bonds is 8. The zero-order valence-corrected chi connectivity index (χ0v) is 14.8. The third kappa shape index (κ3) is 4.32. The fourth-order valence-corrected chi connectivity index (χ4v) is 4.31. The zero-order chi connectivity index (χ0) is 18.2. The normalized spacial score (nSPS) is 12.0. The van der Waals surface area contributed by atoms with Crippen LogP contribution in [0.5, 0.6) is 11.5 Å². The van der Waals surface area contributed by atoms with Crippen molar-refractivity contribution >= 4 is 14.0 Å². The molecule has 1 N–H and O–H groups in total. The van der Waals surface area contributed by atoms with Gasteiger partial charge in [0.25, 0.3) is 0 Å². The fraction of sp³-hybridized carbons (Fsp3) is 0.0500. The van der Waals surface area contributed by atoms with Crippen LogP contribution in [0.25, 0.3) is 0 Å². The average molecular weight is 367 g/mol. The van der Waals surface area contributed by atoms with Crippen molar-refractivity contribution < 1.29 is 18.4 Å². The highest BCUT2D eigenvalue weighted by Gasteiger charge is 2.40. The van der Waals surface area contributed by atoms with E-state index in [2.05, 4.69) is 5.32 Å². The van der Waals surface area contributed by atoms with Crippen LogP contribution in [-0.4, -0.2) is 6.41 Å². The minimum Gasteiger partial charge on any atom is -0.414 e. The molecular weight excluding hydrogens is 349 g/mol. The van der Waals surface area contributed by atoms with Gasteiger partial charge in [-0.25, -0.2) is 4.57 Å². The van der Waals surface area contributed by atoms with Gasteiger partial charge in [-0.15, -0.1) is 0 Å². The molecule has 3 rings (SSSR count). The number of nitrogens with one attached hydrogen (secondary N) is 1. The van der Waals surface area contributed by atoms with Gasteiger partial charge in [0.05, 0.1) is 0 Å². The first kappa shape index (κ1) is 17.8. The Kier molecular flexibility index (Phi) is 5.72. The van der Waals surface area contributed by atoms with Crippen molar-refractivity contribution in [2.75, 3.05) is 0 Å². The molecule has 1 atom stereocenters. The van der Waals surface area contributed by atoms with Gasteiger partial charge in [-0.05, 0) is 29.8 Å². The lowest BCUT2D eigenvalue weighted by Gasteiger charge is -2.27. The van der Waals surface area contributed by atoms with Crippen molar-refractivity contribution in [1.29, 1.82) is 0 Å². The van der Waals surface area contributed by atoms with E-state index in [0.717, 1.165) is 0 Å². The van der Waals surface area contributed by atoms with Crippen LogP contribution in [-0.2, 0) is 9.36 Å². The summed E-state index contributed by atoms with van der Waals surface area (Å²) in [5.41, 5.74) is 0.620. The maximum absolute atomic E-state index is 13.8. The van der Waals surface area contributed by atoms with E-state index >= 15 is 0 Å². The third-order valence-electron chi connectivity index (χ3n) is 3.61. The van der Waals surface area contributed by atoms with Crippen molar-refractivity contribution in [2.24, 2.45) is 0 Å². The maximum atomic E-state index is 13.8. The lowest BCUT2D eigenvalue weighted by atomic mass is 10.2. The average Bonchev–Trinajstić information content (AvgIpc) is 2.68. The van der Waals surface area contributed by atoms with Crippen molar-refractivity contribution in [2.45, 2.75) is 5.78 Å². The Bertz CT molecular complexity index is 827. The summed E-state index contributed by atoms with van der Waals surface area (Å²) in [4.78, 5) is 11.2. The van der Waals surface area contributed by atoms with Gasteiger partial charge in [0, 0.05) is 0 Å². The highest BCUT2D eigenvalue weighted by molar-refractivity contribution is 7.55. The zero-order valence-electron chi connectivity index (χ0n) is 13.9. The SMILES string of the molecule is O=CNC(c1ccccc1)P(=O)(Oc1ccccc1)Oc1ccccc1. The van der Waals surface area contributed by atoms with Crippen molar-refractivity contribution in [1.82, 2.24) is 5.32 Å². The first-order chi connectivity index (χ1) is 12.7. The Morgan fingerprint density at radius 1 is 0.731 bits per heavy atom. The smallest absolute Gasteiger partial charge is 0.414 e. The molecule has 0 saturated carbocycles. The Hall–Kier alpha value is -3.04. The summed E-state index contributed by atoms with van der Waals surface area (Å²) in [6, 6.07) is 26.4. The summed E-state index contributed by atoms with van der Waals surface area (Å²) in [5.74, 6) is -0.178. The quantitative estimate of drug-likeness (QED) is 0.460. The van der Waals surface area contributed by atoms with Crippen LogP contribution in [0.15, 0.2) is 91.0 Å². The summed E-state index contributed by atoms with van der Waals surface area (Å²) in [6.45, 7) is 0. The molecular formula is C20H18NO4P. The van der Waals surface area contributed by atoms with Gasteiger partial charge in [-0.3, -0.25) is 4.79 Å². The molecule has 0 spiro atoms. The minimum atomic E-state index is -3.85. The summed E-state index contributed by atoms with van der Waals surface area (Å²) in [7, 11) is -3.85. The molecule has 6 heteroatoms. The monoisotopic (exact) mass is 367 g/mol. The summed E-state index contributed by atoms with van der Waals surface area (Å²) in [5, 5.41) is 2.59. The Morgan fingerprint density at radius 2 is 1.15 bits per heavy atom. The van der Waals surface area contributed by atoms with Crippen LogP contribution in [0.2, 0.25) is 0 Å². The van der Waals surface area contributed by atoms with E-state index in [1.54, 1.807) is 72.8 Å². The molecule has 0 heterocycles. The highest BCUT2D eigenvalue weighted by atomic mass is 31.2. The van der Waals surface area contributed by atoms with Crippen molar-refractivity contribution in [3.8, 4) is 11.5 Å². The van der Waals surface area contributed by atoms with Gasteiger partial charge in [0.15, 0.2) is 5.78 Å². The van der Waals surface area contributed by atoms with Crippen LogP contribution < -0.4 is 14.4 Å².